The number of hydrogen-bond donors (Lipinski definition) is 0. The lowest BCUT2D eigenvalue weighted by Crippen LogP contribution is -2.53. The van der Waals surface area contributed by atoms with E-state index in [1.54, 1.807) is 0 Å². The quantitative estimate of drug-likeness (QED) is 0.465. The molecule has 1 aliphatic heterocycles. The Balaban J connectivity index is 2.56. The number of halogens is 2. The molecule has 0 aliphatic carbocycles. The van der Waals surface area contributed by atoms with Gasteiger partial charge >= 0.3 is 10.7 Å². The summed E-state index contributed by atoms with van der Waals surface area (Å²) in [4.78, 5) is 24.6. The highest BCUT2D eigenvalue weighted by molar-refractivity contribution is 6.63. The first-order valence-corrected chi connectivity index (χ1v) is 4.68. The summed E-state index contributed by atoms with van der Waals surface area (Å²) in [5, 5.41) is -0.956. The maximum atomic E-state index is 10.8. The molecule has 2 amide bonds. The molecule has 0 N–H and O–H groups in total. The lowest BCUT2D eigenvalue weighted by molar-refractivity contribution is 0.133. The van der Waals surface area contributed by atoms with Gasteiger partial charge in [0.2, 0.25) is 0 Å². The van der Waals surface area contributed by atoms with Crippen LogP contribution in [-0.2, 0) is 0 Å². The maximum Gasteiger partial charge on any atom is 0.316 e. The Bertz CT molecular complexity index is 235. The van der Waals surface area contributed by atoms with E-state index in [9.17, 15) is 9.59 Å². The number of piperazine rings is 1. The van der Waals surface area contributed by atoms with Gasteiger partial charge in [0.25, 0.3) is 0 Å². The molecule has 13 heavy (non-hydrogen) atoms. The molecular formula is C7H10Cl2N2O2. The molecule has 4 nitrogen and oxygen atoms in total. The van der Waals surface area contributed by atoms with Crippen LogP contribution in [0.4, 0.5) is 9.59 Å². The van der Waals surface area contributed by atoms with Gasteiger partial charge in [0.15, 0.2) is 0 Å². The summed E-state index contributed by atoms with van der Waals surface area (Å²) in [7, 11) is 0. The summed E-state index contributed by atoms with van der Waals surface area (Å²) in [6.07, 6.45) is 0. The van der Waals surface area contributed by atoms with Gasteiger partial charge in [-0.15, -0.1) is 0 Å². The molecule has 1 fully saturated rings. The molecule has 0 aromatic carbocycles. The first-order valence-electron chi connectivity index (χ1n) is 3.93. The van der Waals surface area contributed by atoms with Crippen LogP contribution in [-0.4, -0.2) is 46.2 Å². The predicted octanol–water partition coefficient (Wildman–Crippen LogP) is 1.71. The number of hydrogen-bond acceptors (Lipinski definition) is 2. The van der Waals surface area contributed by atoms with Crippen LogP contribution >= 0.6 is 23.2 Å². The molecule has 0 bridgehead atoms. The van der Waals surface area contributed by atoms with Crippen LogP contribution in [0.1, 0.15) is 6.92 Å². The summed E-state index contributed by atoms with van der Waals surface area (Å²) < 4.78 is 0. The maximum absolute atomic E-state index is 10.8. The molecule has 0 aromatic heterocycles. The fourth-order valence-electron chi connectivity index (χ4n) is 1.38. The van der Waals surface area contributed by atoms with Gasteiger partial charge < -0.3 is 9.80 Å². The zero-order valence-electron chi connectivity index (χ0n) is 7.17. The SMILES string of the molecule is CC1CN(C(=O)Cl)CCN1C(=O)Cl. The number of carbonyl (C=O) groups is 2. The van der Waals surface area contributed by atoms with E-state index < -0.39 is 10.7 Å². The van der Waals surface area contributed by atoms with Gasteiger partial charge in [-0.1, -0.05) is 0 Å². The van der Waals surface area contributed by atoms with Crippen molar-refractivity contribution in [3.8, 4) is 0 Å². The minimum absolute atomic E-state index is 0.0681. The molecule has 1 atom stereocenters. The third kappa shape index (κ3) is 2.48. The van der Waals surface area contributed by atoms with Crippen molar-refractivity contribution < 1.29 is 9.59 Å². The highest BCUT2D eigenvalue weighted by Crippen LogP contribution is 2.13. The summed E-state index contributed by atoms with van der Waals surface area (Å²) in [6.45, 7) is 3.17. The average molecular weight is 225 g/mol. The van der Waals surface area contributed by atoms with Crippen LogP contribution in [0.15, 0.2) is 0 Å². The van der Waals surface area contributed by atoms with Gasteiger partial charge in [-0.25, -0.2) is 0 Å². The highest BCUT2D eigenvalue weighted by Gasteiger charge is 2.27. The smallest absolute Gasteiger partial charge is 0.316 e. The van der Waals surface area contributed by atoms with Gasteiger partial charge in [0.05, 0.1) is 0 Å². The minimum Gasteiger partial charge on any atom is -0.325 e. The zero-order valence-corrected chi connectivity index (χ0v) is 8.68. The lowest BCUT2D eigenvalue weighted by Gasteiger charge is -2.37. The summed E-state index contributed by atoms with van der Waals surface area (Å²) >= 11 is 10.6. The molecule has 1 heterocycles. The van der Waals surface area contributed by atoms with Crippen molar-refractivity contribution in [1.82, 2.24) is 9.80 Å². The fourth-order valence-corrected chi connectivity index (χ4v) is 1.78. The normalized spacial score (nSPS) is 23.2. The number of amides is 2. The second-order valence-electron chi connectivity index (χ2n) is 2.99. The van der Waals surface area contributed by atoms with Crippen molar-refractivity contribution in [2.75, 3.05) is 19.6 Å². The van der Waals surface area contributed by atoms with Crippen LogP contribution in [0.5, 0.6) is 0 Å². The van der Waals surface area contributed by atoms with Gasteiger partial charge in [-0.3, -0.25) is 9.59 Å². The number of carbonyl (C=O) groups excluding carboxylic acids is 2. The molecule has 74 valence electrons. The van der Waals surface area contributed by atoms with Crippen molar-refractivity contribution in [1.29, 1.82) is 0 Å². The Morgan fingerprint density at radius 1 is 1.23 bits per heavy atom. The van der Waals surface area contributed by atoms with Gasteiger partial charge in [0, 0.05) is 25.7 Å². The van der Waals surface area contributed by atoms with E-state index in [-0.39, 0.29) is 6.04 Å². The highest BCUT2D eigenvalue weighted by atomic mass is 35.5. The summed E-state index contributed by atoms with van der Waals surface area (Å²) in [6, 6.07) is -0.0681. The molecule has 1 unspecified atom stereocenters. The Kier molecular flexibility index (Phi) is 3.39. The van der Waals surface area contributed by atoms with E-state index in [0.717, 1.165) is 0 Å². The van der Waals surface area contributed by atoms with Crippen molar-refractivity contribution in [3.63, 3.8) is 0 Å². The molecule has 1 aliphatic rings. The summed E-state index contributed by atoms with van der Waals surface area (Å²) in [5.41, 5.74) is 0. The largest absolute Gasteiger partial charge is 0.325 e. The van der Waals surface area contributed by atoms with Crippen LogP contribution in [0.25, 0.3) is 0 Å². The Labute approximate surface area is 86.4 Å². The molecule has 6 heteroatoms. The van der Waals surface area contributed by atoms with Crippen molar-refractivity contribution in [2.24, 2.45) is 0 Å². The van der Waals surface area contributed by atoms with Crippen molar-refractivity contribution in [3.05, 3.63) is 0 Å². The number of nitrogens with zero attached hydrogens (tertiary/aromatic N) is 2. The first-order chi connectivity index (χ1) is 6.02. The Morgan fingerprint density at radius 3 is 2.23 bits per heavy atom. The monoisotopic (exact) mass is 224 g/mol. The zero-order chi connectivity index (χ0) is 10.0. The molecule has 1 saturated heterocycles. The molecule has 0 saturated carbocycles. The van der Waals surface area contributed by atoms with E-state index in [0.29, 0.717) is 19.6 Å². The third-order valence-electron chi connectivity index (χ3n) is 2.10. The van der Waals surface area contributed by atoms with E-state index in [2.05, 4.69) is 0 Å². The molecular weight excluding hydrogens is 215 g/mol. The van der Waals surface area contributed by atoms with E-state index in [1.165, 1.54) is 9.80 Å². The van der Waals surface area contributed by atoms with Gasteiger partial charge in [0.1, 0.15) is 0 Å². The van der Waals surface area contributed by atoms with E-state index in [1.807, 2.05) is 6.92 Å². The molecule has 0 spiro atoms. The van der Waals surface area contributed by atoms with Crippen LogP contribution in [0.2, 0.25) is 0 Å². The van der Waals surface area contributed by atoms with Crippen LogP contribution in [0.3, 0.4) is 0 Å². The molecule has 0 radical (unpaired) electrons. The minimum atomic E-state index is -0.478. The van der Waals surface area contributed by atoms with E-state index in [4.69, 9.17) is 23.2 Å². The standard InChI is InChI=1S/C7H10Cl2N2O2/c1-5-4-10(6(8)12)2-3-11(5)7(9)13/h5H,2-4H2,1H3. The average Bonchev–Trinajstić information content (AvgIpc) is 2.03. The second-order valence-corrected chi connectivity index (χ2v) is 3.64. The fraction of sp³-hybridized carbons (Fsp3) is 0.714. The topological polar surface area (TPSA) is 40.6 Å². The molecule has 1 rings (SSSR count). The number of rotatable bonds is 0. The van der Waals surface area contributed by atoms with Crippen molar-refractivity contribution in [2.45, 2.75) is 13.0 Å². The lowest BCUT2D eigenvalue weighted by atomic mass is 10.2. The second kappa shape index (κ2) is 4.15. The molecule has 0 aromatic rings. The Morgan fingerprint density at radius 2 is 1.85 bits per heavy atom. The Hall–Kier alpha value is -0.480. The van der Waals surface area contributed by atoms with Crippen molar-refractivity contribution >= 4 is 33.9 Å². The van der Waals surface area contributed by atoms with Crippen LogP contribution in [0, 0.1) is 0 Å². The van der Waals surface area contributed by atoms with Crippen LogP contribution < -0.4 is 0 Å². The first kappa shape index (κ1) is 10.6. The van der Waals surface area contributed by atoms with Gasteiger partial charge in [-0.05, 0) is 30.1 Å². The predicted molar refractivity (Wildman–Crippen MR) is 50.2 cm³/mol. The third-order valence-corrected chi connectivity index (χ3v) is 2.56. The van der Waals surface area contributed by atoms with Gasteiger partial charge in [-0.2, -0.15) is 0 Å². The summed E-state index contributed by atoms with van der Waals surface area (Å²) in [5.74, 6) is 0. The van der Waals surface area contributed by atoms with E-state index >= 15 is 0 Å².